The predicted molar refractivity (Wildman–Crippen MR) is 95.4 cm³/mol. The third-order valence-corrected chi connectivity index (χ3v) is 4.83. The molecule has 2 rings (SSSR count). The Kier molecular flexibility index (Phi) is 6.34. The van der Waals surface area contributed by atoms with Crippen LogP contribution in [0.1, 0.15) is 29.7 Å². The van der Waals surface area contributed by atoms with Crippen molar-refractivity contribution in [3.8, 4) is 0 Å². The molecule has 22 heavy (non-hydrogen) atoms. The highest BCUT2D eigenvalue weighted by molar-refractivity contribution is 7.99. The van der Waals surface area contributed by atoms with Gasteiger partial charge in [-0.2, -0.15) is 0 Å². The smallest absolute Gasteiger partial charge is 0.230 e. The van der Waals surface area contributed by atoms with Crippen LogP contribution in [0.4, 0.5) is 0 Å². The van der Waals surface area contributed by atoms with Gasteiger partial charge >= 0.3 is 0 Å². The number of carbonyl (C=O) groups excluding carboxylic acids is 1. The summed E-state index contributed by atoms with van der Waals surface area (Å²) in [7, 11) is 0. The molecule has 0 heterocycles. The Labute approximate surface area is 141 Å². The Morgan fingerprint density at radius 3 is 2.59 bits per heavy atom. The van der Waals surface area contributed by atoms with Crippen molar-refractivity contribution in [2.75, 3.05) is 5.75 Å². The fraction of sp³-hybridized carbons (Fsp3) is 0.278. The summed E-state index contributed by atoms with van der Waals surface area (Å²) in [5.41, 5.74) is 3.49. The molecule has 2 nitrogen and oxygen atoms in total. The summed E-state index contributed by atoms with van der Waals surface area (Å²) >= 11 is 7.77. The van der Waals surface area contributed by atoms with Crippen LogP contribution in [0.25, 0.3) is 0 Å². The van der Waals surface area contributed by atoms with E-state index >= 15 is 0 Å². The largest absolute Gasteiger partial charge is 0.349 e. The highest BCUT2D eigenvalue weighted by Crippen LogP contribution is 2.22. The Balaban J connectivity index is 1.81. The standard InChI is InChI=1S/C18H20ClNOS/c1-13-7-3-4-8-15(13)11-22-12-18(21)20-14(2)16-9-5-6-10-17(16)19/h3-10,14H,11-12H2,1-2H3,(H,20,21)/t14-/m0/s1. The van der Waals surface area contributed by atoms with Crippen molar-refractivity contribution in [1.29, 1.82) is 0 Å². The van der Waals surface area contributed by atoms with Crippen LogP contribution < -0.4 is 5.32 Å². The number of thioether (sulfide) groups is 1. The number of nitrogens with one attached hydrogen (secondary N) is 1. The summed E-state index contributed by atoms with van der Waals surface area (Å²) < 4.78 is 0. The fourth-order valence-electron chi connectivity index (χ4n) is 2.21. The zero-order valence-electron chi connectivity index (χ0n) is 12.8. The Morgan fingerprint density at radius 2 is 1.86 bits per heavy atom. The van der Waals surface area contributed by atoms with Gasteiger partial charge in [-0.1, -0.05) is 54.1 Å². The third kappa shape index (κ3) is 4.79. The lowest BCUT2D eigenvalue weighted by Crippen LogP contribution is -2.28. The minimum absolute atomic E-state index is 0.0333. The molecular weight excluding hydrogens is 314 g/mol. The minimum atomic E-state index is -0.0831. The van der Waals surface area contributed by atoms with Gasteiger partial charge in [-0.3, -0.25) is 4.79 Å². The number of benzene rings is 2. The molecule has 0 saturated carbocycles. The zero-order valence-corrected chi connectivity index (χ0v) is 14.4. The molecule has 0 radical (unpaired) electrons. The highest BCUT2D eigenvalue weighted by Gasteiger charge is 2.12. The van der Waals surface area contributed by atoms with Crippen molar-refractivity contribution in [2.45, 2.75) is 25.6 Å². The molecule has 0 spiro atoms. The Bertz CT molecular complexity index is 644. The average Bonchev–Trinajstić information content (AvgIpc) is 2.49. The van der Waals surface area contributed by atoms with Crippen LogP contribution in [0.2, 0.25) is 5.02 Å². The molecule has 116 valence electrons. The van der Waals surface area contributed by atoms with Crippen LogP contribution in [0.15, 0.2) is 48.5 Å². The maximum atomic E-state index is 12.0. The van der Waals surface area contributed by atoms with Crippen molar-refractivity contribution in [3.63, 3.8) is 0 Å². The summed E-state index contributed by atoms with van der Waals surface area (Å²) in [5, 5.41) is 3.68. The van der Waals surface area contributed by atoms with Crippen LogP contribution in [0, 0.1) is 6.92 Å². The van der Waals surface area contributed by atoms with E-state index in [1.165, 1.54) is 11.1 Å². The van der Waals surface area contributed by atoms with Gasteiger partial charge in [-0.15, -0.1) is 11.8 Å². The van der Waals surface area contributed by atoms with Gasteiger partial charge in [-0.25, -0.2) is 0 Å². The molecule has 0 bridgehead atoms. The van der Waals surface area contributed by atoms with Crippen LogP contribution in [0.5, 0.6) is 0 Å². The fourth-order valence-corrected chi connectivity index (χ4v) is 3.43. The van der Waals surface area contributed by atoms with Gasteiger partial charge in [0.15, 0.2) is 0 Å². The van der Waals surface area contributed by atoms with Crippen LogP contribution >= 0.6 is 23.4 Å². The maximum absolute atomic E-state index is 12.0. The Morgan fingerprint density at radius 1 is 1.18 bits per heavy atom. The number of amides is 1. The molecule has 0 unspecified atom stereocenters. The second kappa shape index (κ2) is 8.25. The van der Waals surface area contributed by atoms with E-state index in [2.05, 4.69) is 24.4 Å². The number of hydrogen-bond acceptors (Lipinski definition) is 2. The van der Waals surface area contributed by atoms with Gasteiger partial charge in [0.05, 0.1) is 11.8 Å². The molecule has 0 fully saturated rings. The molecular formula is C18H20ClNOS. The lowest BCUT2D eigenvalue weighted by molar-refractivity contribution is -0.119. The molecule has 1 N–H and O–H groups in total. The first-order valence-electron chi connectivity index (χ1n) is 7.24. The molecule has 0 aliphatic rings. The molecule has 1 amide bonds. The summed E-state index contributed by atoms with van der Waals surface area (Å²) in [6, 6.07) is 15.8. The molecule has 0 aromatic heterocycles. The van der Waals surface area contributed by atoms with E-state index in [1.807, 2.05) is 43.3 Å². The maximum Gasteiger partial charge on any atom is 0.230 e. The van der Waals surface area contributed by atoms with Crippen LogP contribution in [-0.4, -0.2) is 11.7 Å². The van der Waals surface area contributed by atoms with Gasteiger partial charge in [0.2, 0.25) is 5.91 Å². The van der Waals surface area contributed by atoms with E-state index in [0.29, 0.717) is 10.8 Å². The monoisotopic (exact) mass is 333 g/mol. The quantitative estimate of drug-likeness (QED) is 0.825. The van der Waals surface area contributed by atoms with Crippen molar-refractivity contribution in [3.05, 3.63) is 70.2 Å². The van der Waals surface area contributed by atoms with Gasteiger partial charge in [0.25, 0.3) is 0 Å². The Hall–Kier alpha value is -1.45. The van der Waals surface area contributed by atoms with E-state index < -0.39 is 0 Å². The first-order valence-corrected chi connectivity index (χ1v) is 8.77. The molecule has 0 aliphatic heterocycles. The summed E-state index contributed by atoms with van der Waals surface area (Å²) in [5.74, 6) is 1.33. The summed E-state index contributed by atoms with van der Waals surface area (Å²) in [6.45, 7) is 4.04. The van der Waals surface area contributed by atoms with Crippen LogP contribution in [-0.2, 0) is 10.5 Å². The second-order valence-electron chi connectivity index (χ2n) is 5.23. The van der Waals surface area contributed by atoms with Crippen molar-refractivity contribution in [1.82, 2.24) is 5.32 Å². The molecule has 4 heteroatoms. The van der Waals surface area contributed by atoms with E-state index in [9.17, 15) is 4.79 Å². The van der Waals surface area contributed by atoms with E-state index in [0.717, 1.165) is 11.3 Å². The lowest BCUT2D eigenvalue weighted by Gasteiger charge is -2.15. The third-order valence-electron chi connectivity index (χ3n) is 3.50. The van der Waals surface area contributed by atoms with Crippen molar-refractivity contribution >= 4 is 29.3 Å². The molecule has 2 aromatic carbocycles. The number of aryl methyl sites for hydroxylation is 1. The number of hydrogen-bond donors (Lipinski definition) is 1. The topological polar surface area (TPSA) is 29.1 Å². The second-order valence-corrected chi connectivity index (χ2v) is 6.62. The number of rotatable bonds is 6. The summed E-state index contributed by atoms with van der Waals surface area (Å²) in [6.07, 6.45) is 0. The molecule has 2 aromatic rings. The average molecular weight is 334 g/mol. The van der Waals surface area contributed by atoms with Crippen molar-refractivity contribution in [2.24, 2.45) is 0 Å². The lowest BCUT2D eigenvalue weighted by atomic mass is 10.1. The summed E-state index contributed by atoms with van der Waals surface area (Å²) in [4.78, 5) is 12.0. The van der Waals surface area contributed by atoms with Gasteiger partial charge in [0, 0.05) is 10.8 Å². The van der Waals surface area contributed by atoms with Crippen LogP contribution in [0.3, 0.4) is 0 Å². The molecule has 1 atom stereocenters. The minimum Gasteiger partial charge on any atom is -0.349 e. The molecule has 0 aliphatic carbocycles. The predicted octanol–water partition coefficient (Wildman–Crippen LogP) is 4.76. The van der Waals surface area contributed by atoms with Gasteiger partial charge < -0.3 is 5.32 Å². The molecule has 0 saturated heterocycles. The number of halogens is 1. The van der Waals surface area contributed by atoms with Gasteiger partial charge in [0.1, 0.15) is 0 Å². The zero-order chi connectivity index (χ0) is 15.9. The first-order chi connectivity index (χ1) is 10.6. The normalized spacial score (nSPS) is 12.0. The van der Waals surface area contributed by atoms with Gasteiger partial charge in [-0.05, 0) is 36.6 Å². The van der Waals surface area contributed by atoms with Crippen molar-refractivity contribution < 1.29 is 4.79 Å². The van der Waals surface area contributed by atoms with E-state index in [-0.39, 0.29) is 11.9 Å². The van der Waals surface area contributed by atoms with E-state index in [1.54, 1.807) is 11.8 Å². The SMILES string of the molecule is Cc1ccccc1CSCC(=O)N[C@@H](C)c1ccccc1Cl. The first kappa shape index (κ1) is 16.9. The van der Waals surface area contributed by atoms with E-state index in [4.69, 9.17) is 11.6 Å². The number of carbonyl (C=O) groups is 1. The highest BCUT2D eigenvalue weighted by atomic mass is 35.5.